The Balaban J connectivity index is 2.96. The summed E-state index contributed by atoms with van der Waals surface area (Å²) in [6, 6.07) is -5.08. The number of amides is 5. The number of carbonyl (C=O) groups is 6. The largest absolute Gasteiger partial charge is 0.480 e. The first-order valence-corrected chi connectivity index (χ1v) is 10.5. The van der Waals surface area contributed by atoms with Crippen molar-refractivity contribution in [2.75, 3.05) is 6.54 Å². The number of aliphatic hydroxyl groups is 1. The molecule has 0 aromatic heterocycles. The van der Waals surface area contributed by atoms with Gasteiger partial charge in [0.05, 0.1) is 12.1 Å². The molecule has 1 aliphatic rings. The fourth-order valence-electron chi connectivity index (χ4n) is 3.37. The van der Waals surface area contributed by atoms with Crippen molar-refractivity contribution in [2.24, 2.45) is 17.2 Å². The molecule has 33 heavy (non-hydrogen) atoms. The Labute approximate surface area is 190 Å². The van der Waals surface area contributed by atoms with E-state index in [1.807, 2.05) is 0 Å². The van der Waals surface area contributed by atoms with E-state index in [1.165, 1.54) is 6.92 Å². The van der Waals surface area contributed by atoms with Crippen LogP contribution >= 0.6 is 0 Å². The fourth-order valence-corrected chi connectivity index (χ4v) is 3.37. The Kier molecular flexibility index (Phi) is 10.7. The number of likely N-dealkylation sites (tertiary alicyclic amines) is 1. The van der Waals surface area contributed by atoms with E-state index in [-0.39, 0.29) is 38.6 Å². The van der Waals surface area contributed by atoms with Gasteiger partial charge in [0.2, 0.25) is 29.5 Å². The third-order valence-corrected chi connectivity index (χ3v) is 5.22. The number of nitrogens with zero attached hydrogens (tertiary/aromatic N) is 1. The van der Waals surface area contributed by atoms with Crippen LogP contribution in [-0.4, -0.2) is 87.4 Å². The first-order valence-electron chi connectivity index (χ1n) is 10.5. The first kappa shape index (κ1) is 27.8. The minimum atomic E-state index is -1.49. The van der Waals surface area contributed by atoms with Crippen LogP contribution in [0.2, 0.25) is 0 Å². The van der Waals surface area contributed by atoms with E-state index < -0.39 is 65.8 Å². The first-order chi connectivity index (χ1) is 15.3. The molecule has 14 nitrogen and oxygen atoms in total. The van der Waals surface area contributed by atoms with Crippen molar-refractivity contribution in [1.29, 1.82) is 0 Å². The highest BCUT2D eigenvalue weighted by Gasteiger charge is 2.40. The van der Waals surface area contributed by atoms with Crippen LogP contribution in [0.5, 0.6) is 0 Å². The molecule has 10 N–H and O–H groups in total. The van der Waals surface area contributed by atoms with Crippen LogP contribution in [0, 0.1) is 0 Å². The van der Waals surface area contributed by atoms with Crippen molar-refractivity contribution in [1.82, 2.24) is 15.5 Å². The van der Waals surface area contributed by atoms with Crippen LogP contribution in [0.15, 0.2) is 0 Å². The van der Waals surface area contributed by atoms with Gasteiger partial charge < -0.3 is 42.9 Å². The van der Waals surface area contributed by atoms with E-state index in [0.29, 0.717) is 6.42 Å². The topological polar surface area (TPSA) is 248 Å². The minimum Gasteiger partial charge on any atom is -0.480 e. The number of primary amides is 2. The monoisotopic (exact) mass is 472 g/mol. The maximum Gasteiger partial charge on any atom is 0.326 e. The molecule has 1 aliphatic heterocycles. The van der Waals surface area contributed by atoms with Gasteiger partial charge in [-0.15, -0.1) is 0 Å². The van der Waals surface area contributed by atoms with Gasteiger partial charge in [-0.05, 0) is 32.6 Å². The summed E-state index contributed by atoms with van der Waals surface area (Å²) in [5.74, 6) is -5.11. The van der Waals surface area contributed by atoms with Crippen LogP contribution in [0.4, 0.5) is 0 Å². The molecule has 5 unspecified atom stereocenters. The minimum absolute atomic E-state index is 0.0777. The lowest BCUT2D eigenvalue weighted by atomic mass is 10.1. The number of rotatable bonds is 13. The lowest BCUT2D eigenvalue weighted by Crippen LogP contribution is -2.60. The van der Waals surface area contributed by atoms with Gasteiger partial charge in [0, 0.05) is 19.4 Å². The summed E-state index contributed by atoms with van der Waals surface area (Å²) in [6.45, 7) is 1.39. The maximum atomic E-state index is 12.9. The summed E-state index contributed by atoms with van der Waals surface area (Å²) >= 11 is 0. The van der Waals surface area contributed by atoms with Gasteiger partial charge in [0.15, 0.2) is 0 Å². The SMILES string of the molecule is CC(O)C(NC(=O)C(CCC(N)=O)NC(=O)C(N)CCC(N)=O)C(=O)N1CCCC1C(=O)O. The Morgan fingerprint density at radius 1 is 1.00 bits per heavy atom. The number of carboxylic acids is 1. The second-order valence-electron chi connectivity index (χ2n) is 7.93. The summed E-state index contributed by atoms with van der Waals surface area (Å²) in [6.07, 6.45) is -1.45. The van der Waals surface area contributed by atoms with Crippen molar-refractivity contribution in [3.05, 3.63) is 0 Å². The number of aliphatic carboxylic acids is 1. The molecule has 186 valence electrons. The zero-order valence-electron chi connectivity index (χ0n) is 18.4. The smallest absolute Gasteiger partial charge is 0.326 e. The van der Waals surface area contributed by atoms with Gasteiger partial charge in [0.25, 0.3) is 0 Å². The van der Waals surface area contributed by atoms with Crippen molar-refractivity contribution >= 4 is 35.5 Å². The molecule has 0 spiro atoms. The average molecular weight is 472 g/mol. The highest BCUT2D eigenvalue weighted by Crippen LogP contribution is 2.19. The Bertz CT molecular complexity index is 773. The molecule has 0 saturated carbocycles. The second kappa shape index (κ2) is 12.7. The second-order valence-corrected chi connectivity index (χ2v) is 7.93. The molecule has 0 aromatic rings. The fraction of sp³-hybridized carbons (Fsp3) is 0.684. The van der Waals surface area contributed by atoms with Gasteiger partial charge >= 0.3 is 5.97 Å². The average Bonchev–Trinajstić information content (AvgIpc) is 3.22. The predicted molar refractivity (Wildman–Crippen MR) is 113 cm³/mol. The van der Waals surface area contributed by atoms with E-state index >= 15 is 0 Å². The van der Waals surface area contributed by atoms with Crippen molar-refractivity contribution in [2.45, 2.75) is 75.7 Å². The third-order valence-electron chi connectivity index (χ3n) is 5.22. The lowest BCUT2D eigenvalue weighted by molar-refractivity contribution is -0.150. The summed E-state index contributed by atoms with van der Waals surface area (Å²) in [5.41, 5.74) is 15.8. The molecule has 14 heteroatoms. The molecule has 0 bridgehead atoms. The molecule has 1 heterocycles. The van der Waals surface area contributed by atoms with Gasteiger partial charge in [-0.25, -0.2) is 4.79 Å². The summed E-state index contributed by atoms with van der Waals surface area (Å²) in [5, 5.41) is 24.0. The van der Waals surface area contributed by atoms with Gasteiger partial charge in [-0.1, -0.05) is 0 Å². The molecular weight excluding hydrogens is 440 g/mol. The number of carbonyl (C=O) groups excluding carboxylic acids is 5. The predicted octanol–water partition coefficient (Wildman–Crippen LogP) is -3.73. The Hall–Kier alpha value is -3.26. The number of nitrogens with two attached hydrogens (primary N) is 3. The Morgan fingerprint density at radius 3 is 2.09 bits per heavy atom. The van der Waals surface area contributed by atoms with Crippen molar-refractivity contribution < 1.29 is 39.0 Å². The van der Waals surface area contributed by atoms with E-state index in [1.54, 1.807) is 0 Å². The molecule has 1 fully saturated rings. The van der Waals surface area contributed by atoms with Crippen LogP contribution in [-0.2, 0) is 28.8 Å². The van der Waals surface area contributed by atoms with Crippen LogP contribution in [0.1, 0.15) is 45.4 Å². The molecule has 0 aliphatic carbocycles. The van der Waals surface area contributed by atoms with Gasteiger partial charge in [-0.3, -0.25) is 24.0 Å². The molecule has 1 rings (SSSR count). The van der Waals surface area contributed by atoms with Crippen LogP contribution in [0.25, 0.3) is 0 Å². The summed E-state index contributed by atoms with van der Waals surface area (Å²) < 4.78 is 0. The number of aliphatic hydroxyl groups excluding tert-OH is 1. The molecule has 0 radical (unpaired) electrons. The lowest BCUT2D eigenvalue weighted by Gasteiger charge is -2.30. The third kappa shape index (κ3) is 8.65. The number of nitrogens with one attached hydrogen (secondary N) is 2. The number of carboxylic acid groups (broad SMARTS) is 1. The maximum absolute atomic E-state index is 12.9. The van der Waals surface area contributed by atoms with E-state index in [9.17, 15) is 39.0 Å². The van der Waals surface area contributed by atoms with Crippen molar-refractivity contribution in [3.8, 4) is 0 Å². The molecular formula is C19H32N6O8. The molecule has 5 atom stereocenters. The zero-order chi connectivity index (χ0) is 25.3. The number of hydrogen-bond donors (Lipinski definition) is 7. The Morgan fingerprint density at radius 2 is 1.58 bits per heavy atom. The zero-order valence-corrected chi connectivity index (χ0v) is 18.4. The molecule has 5 amide bonds. The summed E-state index contributed by atoms with van der Waals surface area (Å²) in [4.78, 5) is 72.5. The highest BCUT2D eigenvalue weighted by molar-refractivity contribution is 5.95. The summed E-state index contributed by atoms with van der Waals surface area (Å²) in [7, 11) is 0. The van der Waals surface area contributed by atoms with Crippen molar-refractivity contribution in [3.63, 3.8) is 0 Å². The molecule has 0 aromatic carbocycles. The standard InChI is InChI=1S/C19H32N6O8/c1-9(26)15(18(31)25-8-2-3-12(25)19(32)33)24-17(30)11(5-7-14(22)28)23-16(29)10(20)4-6-13(21)27/h9-12,15,26H,2-8,20H2,1H3,(H2,21,27)(H2,22,28)(H,23,29)(H,24,30)(H,32,33). The van der Waals surface area contributed by atoms with Crippen LogP contribution in [0.3, 0.4) is 0 Å². The normalized spacial score (nSPS) is 19.1. The van der Waals surface area contributed by atoms with E-state index in [0.717, 1.165) is 4.90 Å². The number of hydrogen-bond acceptors (Lipinski definition) is 8. The van der Waals surface area contributed by atoms with Gasteiger partial charge in [0.1, 0.15) is 18.1 Å². The highest BCUT2D eigenvalue weighted by atomic mass is 16.4. The van der Waals surface area contributed by atoms with Crippen LogP contribution < -0.4 is 27.8 Å². The molecule has 1 saturated heterocycles. The van der Waals surface area contributed by atoms with E-state index in [4.69, 9.17) is 17.2 Å². The quantitative estimate of drug-likeness (QED) is 0.139. The van der Waals surface area contributed by atoms with E-state index in [2.05, 4.69) is 10.6 Å². The van der Waals surface area contributed by atoms with Gasteiger partial charge in [-0.2, -0.15) is 0 Å².